The summed E-state index contributed by atoms with van der Waals surface area (Å²) in [7, 11) is 0. The van der Waals surface area contributed by atoms with Crippen molar-refractivity contribution in [2.45, 2.75) is 117 Å². The average Bonchev–Trinajstić information content (AvgIpc) is 4.20. The summed E-state index contributed by atoms with van der Waals surface area (Å²) in [4.78, 5) is 54.3. The van der Waals surface area contributed by atoms with Crippen LogP contribution in [-0.2, 0) is 20.8 Å². The fourth-order valence-corrected chi connectivity index (χ4v) is 11.9. The van der Waals surface area contributed by atoms with Gasteiger partial charge in [-0.05, 0) is 119 Å². The van der Waals surface area contributed by atoms with Crippen LogP contribution in [0.3, 0.4) is 0 Å². The molecule has 16 heteroatoms. The van der Waals surface area contributed by atoms with Crippen molar-refractivity contribution in [3.63, 3.8) is 0 Å². The van der Waals surface area contributed by atoms with Crippen LogP contribution in [-0.4, -0.2) is 108 Å². The van der Waals surface area contributed by atoms with Crippen LogP contribution in [0, 0.1) is 62.7 Å². The number of nitriles is 1. The van der Waals surface area contributed by atoms with Crippen molar-refractivity contribution in [2.75, 3.05) is 32.7 Å². The maximum absolute atomic E-state index is 14.4. The number of hydrogen-bond acceptors (Lipinski definition) is 11. The molecule has 3 aliphatic heterocycles. The second-order valence-corrected chi connectivity index (χ2v) is 21.8. The summed E-state index contributed by atoms with van der Waals surface area (Å²) in [6, 6.07) is 24.4. The molecule has 0 radical (unpaired) electrons. The van der Waals surface area contributed by atoms with Gasteiger partial charge in [0.1, 0.15) is 23.8 Å². The Labute approximate surface area is 442 Å². The first-order valence-electron chi connectivity index (χ1n) is 25.7. The van der Waals surface area contributed by atoms with Gasteiger partial charge in [-0.25, -0.2) is 9.67 Å². The predicted octanol–water partition coefficient (Wildman–Crippen LogP) is 9.04. The molecule has 3 amide bonds. The Morgan fingerprint density at radius 3 is 2.30 bits per heavy atom. The molecule has 4 atom stereocenters. The van der Waals surface area contributed by atoms with Gasteiger partial charge in [0, 0.05) is 67.3 Å². The fraction of sp³-hybridized carbons (Fsp3) is 0.431. The van der Waals surface area contributed by atoms with E-state index >= 15 is 0 Å². The molecule has 6 aromatic rings. The summed E-state index contributed by atoms with van der Waals surface area (Å²) in [5.41, 5.74) is 11.8. The van der Waals surface area contributed by atoms with Crippen LogP contribution in [0.25, 0.3) is 16.1 Å². The van der Waals surface area contributed by atoms with Crippen LogP contribution >= 0.6 is 22.9 Å². The maximum atomic E-state index is 14.4. The first-order chi connectivity index (χ1) is 35.6. The number of aliphatic hydroxyl groups excluding tert-OH is 1. The highest BCUT2D eigenvalue weighted by Crippen LogP contribution is 2.34. The minimum Gasteiger partial charge on any atom is -0.391 e. The fourth-order valence-electron chi connectivity index (χ4n) is 10.9. The minimum absolute atomic E-state index is 0.0198. The van der Waals surface area contributed by atoms with Crippen LogP contribution in [0.5, 0.6) is 0 Å². The quantitative estimate of drug-likeness (QED) is 0.106. The third-order valence-corrected chi connectivity index (χ3v) is 16.4. The van der Waals surface area contributed by atoms with Crippen LogP contribution in [0.1, 0.15) is 121 Å². The van der Waals surface area contributed by atoms with Crippen LogP contribution in [0.4, 0.5) is 0 Å². The summed E-state index contributed by atoms with van der Waals surface area (Å²) in [6.45, 7) is 14.9. The zero-order valence-corrected chi connectivity index (χ0v) is 44.5. The number of nitrogens with zero attached hydrogens (tertiary/aromatic N) is 8. The molecule has 6 heterocycles. The Morgan fingerprint density at radius 1 is 0.932 bits per heavy atom. The number of amides is 3. The number of halogens is 1. The Bertz CT molecular complexity index is 3090. The summed E-state index contributed by atoms with van der Waals surface area (Å²) in [5, 5.41) is 32.5. The number of aromatic nitrogens is 4. The molecule has 0 spiro atoms. The van der Waals surface area contributed by atoms with Gasteiger partial charge in [-0.1, -0.05) is 78.8 Å². The van der Waals surface area contributed by atoms with Gasteiger partial charge in [0.15, 0.2) is 0 Å². The Hall–Kier alpha value is -6.62. The second-order valence-electron chi connectivity index (χ2n) is 20.5. The van der Waals surface area contributed by atoms with Crippen molar-refractivity contribution in [3.05, 3.63) is 140 Å². The first kappa shape index (κ1) is 52.3. The van der Waals surface area contributed by atoms with Gasteiger partial charge < -0.3 is 29.6 Å². The summed E-state index contributed by atoms with van der Waals surface area (Å²) < 4.78 is 7.43. The first-order valence-corrected chi connectivity index (χ1v) is 27.0. The molecular formula is C58H64ClN9O5S. The Kier molecular flexibility index (Phi) is 16.2. The van der Waals surface area contributed by atoms with Crippen LogP contribution in [0.15, 0.2) is 82.8 Å². The molecule has 14 nitrogen and oxygen atoms in total. The smallest absolute Gasteiger partial charge is 0.243 e. The predicted molar refractivity (Wildman–Crippen MR) is 286 cm³/mol. The number of likely N-dealkylation sites (tertiary alicyclic amines) is 3. The summed E-state index contributed by atoms with van der Waals surface area (Å²) in [5.74, 6) is 6.18. The van der Waals surface area contributed by atoms with E-state index < -0.39 is 30.0 Å². The number of piperidine rings is 2. The van der Waals surface area contributed by atoms with Gasteiger partial charge >= 0.3 is 0 Å². The lowest BCUT2D eigenvalue weighted by Crippen LogP contribution is -2.50. The van der Waals surface area contributed by atoms with Crippen LogP contribution < -0.4 is 5.32 Å². The monoisotopic (exact) mass is 1030 g/mol. The maximum Gasteiger partial charge on any atom is 0.243 e. The average molecular weight is 1030 g/mol. The standard InChI is InChI=1S/C58H64ClN9O5S/c1-35(2)55(53-27-36(3)64-73-53)58(72)67-33-48(69)30-52(67)57(71)62-51(43-13-15-44(16-14-43)56-38(5)61-34-74-56)31-54(70)66-25-21-46(22-26-66)65-23-19-41(20-24-65)8-7-40-9-11-42(12-10-40)28-49-37(4)63-68(39(49)6)47-18-17-45(32-60)50(59)29-47/h9-18,27,29,34-35,41,46,48,51-52,55,69H,19-26,28,30-31,33H2,1-6H3,(H,62,71). The zero-order chi connectivity index (χ0) is 52.2. The molecule has 3 aromatic carbocycles. The van der Waals surface area contributed by atoms with Crippen molar-refractivity contribution >= 4 is 40.7 Å². The highest BCUT2D eigenvalue weighted by molar-refractivity contribution is 7.13. The van der Waals surface area contributed by atoms with E-state index in [1.54, 1.807) is 36.5 Å². The molecule has 74 heavy (non-hydrogen) atoms. The number of aliphatic hydroxyl groups is 1. The molecule has 0 saturated carbocycles. The number of aryl methyl sites for hydroxylation is 3. The number of carbonyl (C=O) groups excluding carboxylic acids is 3. The molecule has 3 aromatic heterocycles. The number of thiazole rings is 1. The van der Waals surface area contributed by atoms with Gasteiger partial charge in [-0.3, -0.25) is 14.4 Å². The van der Waals surface area contributed by atoms with E-state index in [0.29, 0.717) is 47.1 Å². The van der Waals surface area contributed by atoms with Crippen molar-refractivity contribution in [1.82, 2.24) is 39.9 Å². The highest BCUT2D eigenvalue weighted by atomic mass is 35.5. The largest absolute Gasteiger partial charge is 0.391 e. The molecule has 3 aliphatic rings. The molecule has 3 fully saturated rings. The molecule has 3 saturated heterocycles. The minimum atomic E-state index is -0.926. The van der Waals surface area contributed by atoms with E-state index in [2.05, 4.69) is 69.5 Å². The van der Waals surface area contributed by atoms with Gasteiger partial charge in [0.2, 0.25) is 17.7 Å². The lowest BCUT2D eigenvalue weighted by atomic mass is 9.91. The van der Waals surface area contributed by atoms with E-state index in [4.69, 9.17) is 21.2 Å². The zero-order valence-electron chi connectivity index (χ0n) is 43.0. The van der Waals surface area contributed by atoms with E-state index in [9.17, 15) is 24.8 Å². The number of nitrogens with one attached hydrogen (secondary N) is 1. The van der Waals surface area contributed by atoms with E-state index in [1.165, 1.54) is 10.5 Å². The third-order valence-electron chi connectivity index (χ3n) is 15.1. The van der Waals surface area contributed by atoms with Gasteiger partial charge in [-0.15, -0.1) is 11.3 Å². The lowest BCUT2D eigenvalue weighted by Gasteiger charge is -2.41. The lowest BCUT2D eigenvalue weighted by molar-refractivity contribution is -0.141. The van der Waals surface area contributed by atoms with Crippen molar-refractivity contribution in [3.8, 4) is 34.0 Å². The molecule has 4 unspecified atom stereocenters. The summed E-state index contributed by atoms with van der Waals surface area (Å²) in [6.07, 6.45) is 3.75. The second kappa shape index (κ2) is 22.9. The van der Waals surface area contributed by atoms with E-state index in [0.717, 1.165) is 95.1 Å². The number of benzene rings is 3. The topological polar surface area (TPSA) is 174 Å². The third kappa shape index (κ3) is 11.7. The highest BCUT2D eigenvalue weighted by Gasteiger charge is 2.44. The van der Waals surface area contributed by atoms with Crippen LogP contribution in [0.2, 0.25) is 5.02 Å². The summed E-state index contributed by atoms with van der Waals surface area (Å²) >= 11 is 7.89. The number of β-amino-alcohol motifs (C(OH)–C–C–N with tert-alkyl or cyclic N) is 1. The Morgan fingerprint density at radius 2 is 1.66 bits per heavy atom. The molecule has 9 rings (SSSR count). The molecule has 2 N–H and O–H groups in total. The van der Waals surface area contributed by atoms with E-state index in [-0.39, 0.29) is 37.1 Å². The van der Waals surface area contributed by atoms with Gasteiger partial charge in [-0.2, -0.15) is 10.4 Å². The van der Waals surface area contributed by atoms with Crippen molar-refractivity contribution in [1.29, 1.82) is 5.26 Å². The molecule has 384 valence electrons. The van der Waals surface area contributed by atoms with Gasteiger partial charge in [0.25, 0.3) is 0 Å². The molecule has 0 bridgehead atoms. The molecular weight excluding hydrogens is 970 g/mol. The van der Waals surface area contributed by atoms with E-state index in [1.807, 2.05) is 73.1 Å². The van der Waals surface area contributed by atoms with Gasteiger partial charge in [0.05, 0.1) is 62.3 Å². The number of rotatable bonds is 13. The number of carbonyl (C=O) groups is 3. The SMILES string of the molecule is Cc1cc(C(C(=O)N2CC(O)CC2C(=O)NC(CC(=O)N2CCC(N3CCC(C#Cc4ccc(Cc5c(C)nn(-c6ccc(C#N)c(Cl)c6)c5C)cc4)CC3)CC2)c2ccc(-c3scnc3C)cc2)C(C)C)on1. The molecule has 0 aliphatic carbocycles. The number of hydrogen-bond donors (Lipinski definition) is 2. The van der Waals surface area contributed by atoms with Crippen molar-refractivity contribution < 1.29 is 24.0 Å². The Balaban J connectivity index is 0.790. The normalized spacial score (nSPS) is 18.5. The van der Waals surface area contributed by atoms with Crippen molar-refractivity contribution in [2.24, 2.45) is 11.8 Å².